The van der Waals surface area contributed by atoms with E-state index in [1.54, 1.807) is 0 Å². The summed E-state index contributed by atoms with van der Waals surface area (Å²) in [5.74, 6) is 0. The quantitative estimate of drug-likeness (QED) is 0.768. The van der Waals surface area contributed by atoms with E-state index in [0.29, 0.717) is 0 Å². The van der Waals surface area contributed by atoms with E-state index in [2.05, 4.69) is 48.6 Å². The summed E-state index contributed by atoms with van der Waals surface area (Å²) in [6, 6.07) is 18.6. The molecule has 0 spiro atoms. The van der Waals surface area contributed by atoms with Gasteiger partial charge >= 0.3 is 6.09 Å². The minimum absolute atomic E-state index is 0.000900. The molecule has 1 heterocycles. The van der Waals surface area contributed by atoms with Crippen LogP contribution < -0.4 is 5.32 Å². The molecule has 0 radical (unpaired) electrons. The fourth-order valence-electron chi connectivity index (χ4n) is 3.21. The number of carbonyl (C=O) groups excluding carboxylic acids is 1. The molecule has 0 saturated carbocycles. The van der Waals surface area contributed by atoms with Crippen molar-refractivity contribution in [2.45, 2.75) is 64.4 Å². The van der Waals surface area contributed by atoms with Crippen LogP contribution in [0.4, 0.5) is 4.79 Å². The summed E-state index contributed by atoms with van der Waals surface area (Å²) < 4.78 is 11.4. The Morgan fingerprint density at radius 2 is 1.74 bits per heavy atom. The number of alkyl carbamates (subject to hydrolysis) is 1. The van der Waals surface area contributed by atoms with Gasteiger partial charge in [-0.25, -0.2) is 4.79 Å². The third-order valence-electron chi connectivity index (χ3n) is 4.58. The highest BCUT2D eigenvalue weighted by atomic mass is 16.6. The second-order valence-electron chi connectivity index (χ2n) is 8.27. The van der Waals surface area contributed by atoms with Gasteiger partial charge in [-0.05, 0) is 45.2 Å². The van der Waals surface area contributed by atoms with Crippen molar-refractivity contribution in [3.8, 4) is 0 Å². The number of rotatable bonds is 6. The largest absolute Gasteiger partial charge is 0.444 e. The molecule has 0 bridgehead atoms. The number of nitrogens with one attached hydrogen (secondary N) is 1. The fraction of sp³-hybridized carbons (Fsp3) is 0.435. The van der Waals surface area contributed by atoms with Gasteiger partial charge in [0.15, 0.2) is 0 Å². The zero-order valence-electron chi connectivity index (χ0n) is 16.6. The molecule has 1 aliphatic rings. The lowest BCUT2D eigenvalue weighted by molar-refractivity contribution is 0.0495. The van der Waals surface area contributed by atoms with Gasteiger partial charge in [-0.3, -0.25) is 0 Å². The normalized spacial score (nSPS) is 20.0. The summed E-state index contributed by atoms with van der Waals surface area (Å²) in [5.41, 5.74) is 3.15. The molecule has 2 aromatic carbocycles. The molecule has 3 atom stereocenters. The molecule has 1 aliphatic heterocycles. The molecule has 27 heavy (non-hydrogen) atoms. The van der Waals surface area contributed by atoms with Crippen molar-refractivity contribution < 1.29 is 14.3 Å². The molecule has 0 aliphatic carbocycles. The summed E-state index contributed by atoms with van der Waals surface area (Å²) in [4.78, 5) is 12.3. The van der Waals surface area contributed by atoms with Crippen LogP contribution in [0, 0.1) is 6.92 Å². The number of epoxide rings is 1. The third-order valence-corrected chi connectivity index (χ3v) is 4.58. The van der Waals surface area contributed by atoms with E-state index in [0.717, 1.165) is 12.8 Å². The van der Waals surface area contributed by atoms with E-state index in [1.165, 1.54) is 16.7 Å². The van der Waals surface area contributed by atoms with Crippen LogP contribution in [0.2, 0.25) is 0 Å². The van der Waals surface area contributed by atoms with Crippen molar-refractivity contribution in [3.05, 3.63) is 71.3 Å². The van der Waals surface area contributed by atoms with Crippen LogP contribution in [-0.4, -0.2) is 29.9 Å². The standard InChI is InChI=1S/C23H29NO3/c1-16-10-12-18(13-11-16)15-20-21(26-20)19(14-17-8-6-5-7-9-17)24-22(25)27-23(2,3)4/h5-13,19-21H,14-15H2,1-4H3,(H,24,25). The average molecular weight is 367 g/mol. The molecule has 4 heteroatoms. The van der Waals surface area contributed by atoms with E-state index < -0.39 is 11.7 Å². The van der Waals surface area contributed by atoms with Gasteiger partial charge in [0, 0.05) is 6.42 Å². The highest BCUT2D eigenvalue weighted by molar-refractivity contribution is 5.68. The molecule has 1 saturated heterocycles. The van der Waals surface area contributed by atoms with Crippen molar-refractivity contribution in [3.63, 3.8) is 0 Å². The maximum Gasteiger partial charge on any atom is 0.407 e. The molecule has 1 N–H and O–H groups in total. The van der Waals surface area contributed by atoms with E-state index in [4.69, 9.17) is 9.47 Å². The van der Waals surface area contributed by atoms with Crippen molar-refractivity contribution in [1.82, 2.24) is 5.32 Å². The van der Waals surface area contributed by atoms with Crippen molar-refractivity contribution in [2.24, 2.45) is 0 Å². The van der Waals surface area contributed by atoms with Gasteiger partial charge in [0.25, 0.3) is 0 Å². The maximum atomic E-state index is 12.3. The molecule has 144 valence electrons. The first-order valence-electron chi connectivity index (χ1n) is 9.54. The van der Waals surface area contributed by atoms with Gasteiger partial charge in [0.2, 0.25) is 0 Å². The summed E-state index contributed by atoms with van der Waals surface area (Å²) in [6.45, 7) is 7.69. The zero-order chi connectivity index (χ0) is 19.4. The SMILES string of the molecule is Cc1ccc(CC2OC2C(Cc2ccccc2)NC(=O)OC(C)(C)C)cc1. The van der Waals surface area contributed by atoms with Crippen LogP contribution in [0.5, 0.6) is 0 Å². The van der Waals surface area contributed by atoms with Crippen LogP contribution in [0.25, 0.3) is 0 Å². The summed E-state index contributed by atoms with van der Waals surface area (Å²) in [5, 5.41) is 3.02. The molecule has 4 nitrogen and oxygen atoms in total. The predicted octanol–water partition coefficient (Wildman–Crippen LogP) is 4.44. The van der Waals surface area contributed by atoms with Gasteiger partial charge in [0.1, 0.15) is 11.7 Å². The lowest BCUT2D eigenvalue weighted by Gasteiger charge is -2.23. The summed E-state index contributed by atoms with van der Waals surface area (Å²) in [6.07, 6.45) is 1.30. The number of hydrogen-bond acceptors (Lipinski definition) is 3. The second kappa shape index (κ2) is 8.13. The Kier molecular flexibility index (Phi) is 5.85. The third kappa shape index (κ3) is 6.10. The molecule has 1 fully saturated rings. The number of carbonyl (C=O) groups is 1. The first-order valence-corrected chi connectivity index (χ1v) is 9.54. The molecule has 2 aromatic rings. The van der Waals surface area contributed by atoms with E-state index in [1.807, 2.05) is 39.0 Å². The number of ether oxygens (including phenoxy) is 2. The Bertz CT molecular complexity index is 749. The van der Waals surface area contributed by atoms with Crippen LogP contribution >= 0.6 is 0 Å². The van der Waals surface area contributed by atoms with Gasteiger partial charge in [-0.2, -0.15) is 0 Å². The Balaban J connectivity index is 1.64. The Labute approximate surface area is 161 Å². The Morgan fingerprint density at radius 3 is 2.37 bits per heavy atom. The molecular formula is C23H29NO3. The van der Waals surface area contributed by atoms with Crippen LogP contribution in [0.3, 0.4) is 0 Å². The predicted molar refractivity (Wildman–Crippen MR) is 107 cm³/mol. The molecule has 1 amide bonds. The molecule has 0 aromatic heterocycles. The fourth-order valence-corrected chi connectivity index (χ4v) is 3.21. The summed E-state index contributed by atoms with van der Waals surface area (Å²) >= 11 is 0. The van der Waals surface area contributed by atoms with Gasteiger partial charge in [0.05, 0.1) is 12.1 Å². The van der Waals surface area contributed by atoms with E-state index >= 15 is 0 Å². The minimum Gasteiger partial charge on any atom is -0.444 e. The van der Waals surface area contributed by atoms with Crippen molar-refractivity contribution in [2.75, 3.05) is 0 Å². The molecular weight excluding hydrogens is 338 g/mol. The Morgan fingerprint density at radius 1 is 1.07 bits per heavy atom. The maximum absolute atomic E-state index is 12.3. The topological polar surface area (TPSA) is 50.9 Å². The lowest BCUT2D eigenvalue weighted by atomic mass is 9.99. The minimum atomic E-state index is -0.521. The van der Waals surface area contributed by atoms with Crippen LogP contribution in [0.1, 0.15) is 37.5 Å². The van der Waals surface area contributed by atoms with Crippen molar-refractivity contribution in [1.29, 1.82) is 0 Å². The van der Waals surface area contributed by atoms with Gasteiger partial charge in [-0.1, -0.05) is 60.2 Å². The zero-order valence-corrected chi connectivity index (χ0v) is 16.6. The second-order valence-corrected chi connectivity index (χ2v) is 8.27. The average Bonchev–Trinajstić information content (AvgIpc) is 3.35. The number of amides is 1. The molecule has 3 unspecified atom stereocenters. The number of aryl methyl sites for hydroxylation is 1. The molecule has 3 rings (SSSR count). The van der Waals surface area contributed by atoms with Crippen LogP contribution in [-0.2, 0) is 22.3 Å². The lowest BCUT2D eigenvalue weighted by Crippen LogP contribution is -2.43. The summed E-state index contributed by atoms with van der Waals surface area (Å²) in [7, 11) is 0. The van der Waals surface area contributed by atoms with Gasteiger partial charge < -0.3 is 14.8 Å². The Hall–Kier alpha value is -2.33. The first kappa shape index (κ1) is 19.4. The van der Waals surface area contributed by atoms with Gasteiger partial charge in [-0.15, -0.1) is 0 Å². The smallest absolute Gasteiger partial charge is 0.407 e. The first-order chi connectivity index (χ1) is 12.8. The number of benzene rings is 2. The van der Waals surface area contributed by atoms with Crippen LogP contribution in [0.15, 0.2) is 54.6 Å². The highest BCUT2D eigenvalue weighted by Gasteiger charge is 2.45. The number of hydrogen-bond donors (Lipinski definition) is 1. The van der Waals surface area contributed by atoms with E-state index in [-0.39, 0.29) is 18.2 Å². The monoisotopic (exact) mass is 367 g/mol. The highest BCUT2D eigenvalue weighted by Crippen LogP contribution is 2.31. The van der Waals surface area contributed by atoms with Crippen molar-refractivity contribution >= 4 is 6.09 Å². The van der Waals surface area contributed by atoms with E-state index in [9.17, 15) is 4.79 Å².